The van der Waals surface area contributed by atoms with Gasteiger partial charge in [0.15, 0.2) is 11.5 Å². The van der Waals surface area contributed by atoms with Gasteiger partial charge in [0, 0.05) is 23.1 Å². The minimum atomic E-state index is 0.536. The van der Waals surface area contributed by atoms with E-state index in [4.69, 9.17) is 9.47 Å². The number of hydrogen-bond acceptors (Lipinski definition) is 5. The lowest BCUT2D eigenvalue weighted by atomic mass is 10.1. The molecule has 1 aromatic heterocycles. The highest BCUT2D eigenvalue weighted by Gasteiger charge is 2.14. The van der Waals surface area contributed by atoms with Crippen LogP contribution in [-0.4, -0.2) is 18.2 Å². The molecule has 0 bridgehead atoms. The molecule has 0 radical (unpaired) electrons. The lowest BCUT2D eigenvalue weighted by molar-refractivity contribution is 0.296. The zero-order chi connectivity index (χ0) is 14.7. The summed E-state index contributed by atoms with van der Waals surface area (Å²) in [6.07, 6.45) is 2.67. The number of aromatic nitrogens is 1. The molecule has 0 saturated carbocycles. The third-order valence-electron chi connectivity index (χ3n) is 3.07. The van der Waals surface area contributed by atoms with Crippen molar-refractivity contribution < 1.29 is 9.47 Å². The van der Waals surface area contributed by atoms with Crippen molar-refractivity contribution in [2.75, 3.05) is 13.2 Å². The summed E-state index contributed by atoms with van der Waals surface area (Å²) in [5, 5.41) is 12.0. The number of ether oxygens (including phenoxy) is 2. The van der Waals surface area contributed by atoms with Gasteiger partial charge in [-0.2, -0.15) is 5.26 Å². The Morgan fingerprint density at radius 2 is 2.24 bits per heavy atom. The van der Waals surface area contributed by atoms with E-state index >= 15 is 0 Å². The second-order valence-electron chi connectivity index (χ2n) is 4.69. The first-order valence-electron chi connectivity index (χ1n) is 6.71. The number of benzene rings is 1. The molecule has 0 N–H and O–H groups in total. The lowest BCUT2D eigenvalue weighted by Crippen LogP contribution is -1.98. The third-order valence-corrected chi connectivity index (χ3v) is 4.07. The van der Waals surface area contributed by atoms with Gasteiger partial charge in [-0.1, -0.05) is 12.1 Å². The molecule has 2 aromatic rings. The van der Waals surface area contributed by atoms with Gasteiger partial charge in [-0.15, -0.1) is 11.3 Å². The molecular weight excluding hydrogens is 284 g/mol. The Morgan fingerprint density at radius 3 is 3.00 bits per heavy atom. The molecule has 0 aliphatic carbocycles. The molecule has 1 aliphatic rings. The van der Waals surface area contributed by atoms with Crippen LogP contribution in [0.5, 0.6) is 11.5 Å². The van der Waals surface area contributed by atoms with Crippen molar-refractivity contribution in [1.29, 1.82) is 5.26 Å². The molecule has 2 heterocycles. The highest BCUT2D eigenvalue weighted by Crippen LogP contribution is 2.35. The monoisotopic (exact) mass is 298 g/mol. The smallest absolute Gasteiger partial charge is 0.168 e. The molecule has 0 fully saturated rings. The van der Waals surface area contributed by atoms with Gasteiger partial charge < -0.3 is 9.47 Å². The molecule has 1 aromatic carbocycles. The topological polar surface area (TPSA) is 55.1 Å². The molecule has 1 aliphatic heterocycles. The van der Waals surface area contributed by atoms with Gasteiger partial charge in [-0.3, -0.25) is 0 Å². The molecule has 4 nitrogen and oxygen atoms in total. The zero-order valence-electron chi connectivity index (χ0n) is 11.6. The maximum Gasteiger partial charge on any atom is 0.168 e. The standard InChI is InChI=1S/C16H14N2O2S/c1-11-10-21-16(18-11)13(9-17)8-12-4-2-5-14-15(12)20-7-3-6-19-14/h2,4-5,8,10H,3,6-7H2,1H3/b13-8-. The minimum absolute atomic E-state index is 0.536. The van der Waals surface area contributed by atoms with E-state index in [0.29, 0.717) is 24.5 Å². The van der Waals surface area contributed by atoms with Crippen LogP contribution in [0.3, 0.4) is 0 Å². The average Bonchev–Trinajstić information content (AvgIpc) is 2.78. The zero-order valence-corrected chi connectivity index (χ0v) is 12.4. The van der Waals surface area contributed by atoms with Crippen LogP contribution in [0.25, 0.3) is 11.6 Å². The fourth-order valence-corrected chi connectivity index (χ4v) is 2.87. The van der Waals surface area contributed by atoms with Crippen LogP contribution >= 0.6 is 11.3 Å². The third kappa shape index (κ3) is 2.91. The first-order chi connectivity index (χ1) is 10.3. The molecule has 3 rings (SSSR count). The molecule has 21 heavy (non-hydrogen) atoms. The summed E-state index contributed by atoms with van der Waals surface area (Å²) in [4.78, 5) is 4.36. The van der Waals surface area contributed by atoms with Crippen LogP contribution in [0.1, 0.15) is 22.7 Å². The molecule has 0 saturated heterocycles. The van der Waals surface area contributed by atoms with Gasteiger partial charge >= 0.3 is 0 Å². The first-order valence-corrected chi connectivity index (χ1v) is 7.59. The van der Waals surface area contributed by atoms with Crippen LogP contribution in [0.15, 0.2) is 23.6 Å². The summed E-state index contributed by atoms with van der Waals surface area (Å²) >= 11 is 1.47. The van der Waals surface area contributed by atoms with E-state index in [9.17, 15) is 5.26 Å². The van der Waals surface area contributed by atoms with Crippen LogP contribution < -0.4 is 9.47 Å². The Hall–Kier alpha value is -2.32. The lowest BCUT2D eigenvalue weighted by Gasteiger charge is -2.10. The normalized spacial score (nSPS) is 14.4. The number of allylic oxidation sites excluding steroid dienone is 1. The van der Waals surface area contributed by atoms with E-state index in [-0.39, 0.29) is 0 Å². The van der Waals surface area contributed by atoms with Crippen molar-refractivity contribution in [3.63, 3.8) is 0 Å². The minimum Gasteiger partial charge on any atom is -0.490 e. The number of hydrogen-bond donors (Lipinski definition) is 0. The van der Waals surface area contributed by atoms with E-state index < -0.39 is 0 Å². The van der Waals surface area contributed by atoms with Gasteiger partial charge in [0.25, 0.3) is 0 Å². The summed E-state index contributed by atoms with van der Waals surface area (Å²) in [6, 6.07) is 7.93. The fourth-order valence-electron chi connectivity index (χ4n) is 2.10. The fraction of sp³-hybridized carbons (Fsp3) is 0.250. The largest absolute Gasteiger partial charge is 0.490 e. The number of nitrogens with zero attached hydrogens (tertiary/aromatic N) is 2. The summed E-state index contributed by atoms with van der Waals surface area (Å²) in [5.41, 5.74) is 2.30. The van der Waals surface area contributed by atoms with Gasteiger partial charge in [0.2, 0.25) is 0 Å². The average molecular weight is 298 g/mol. The van der Waals surface area contributed by atoms with Gasteiger partial charge in [-0.05, 0) is 19.1 Å². The molecule has 0 spiro atoms. The van der Waals surface area contributed by atoms with Crippen LogP contribution in [-0.2, 0) is 0 Å². The number of nitriles is 1. The van der Waals surface area contributed by atoms with Gasteiger partial charge in [-0.25, -0.2) is 4.98 Å². The molecule has 5 heteroatoms. The van der Waals surface area contributed by atoms with Crippen LogP contribution in [0, 0.1) is 18.3 Å². The van der Waals surface area contributed by atoms with Crippen molar-refractivity contribution in [1.82, 2.24) is 4.98 Å². The highest BCUT2D eigenvalue weighted by atomic mass is 32.1. The van der Waals surface area contributed by atoms with Crippen molar-refractivity contribution in [2.24, 2.45) is 0 Å². The van der Waals surface area contributed by atoms with E-state index in [0.717, 1.165) is 28.4 Å². The van der Waals surface area contributed by atoms with Crippen molar-refractivity contribution in [3.05, 3.63) is 39.8 Å². The van der Waals surface area contributed by atoms with E-state index in [1.165, 1.54) is 11.3 Å². The quantitative estimate of drug-likeness (QED) is 0.794. The molecule has 0 amide bonds. The molecule has 106 valence electrons. The first kappa shape index (κ1) is 13.7. The molecule has 0 unspecified atom stereocenters. The van der Waals surface area contributed by atoms with Crippen molar-refractivity contribution >= 4 is 23.0 Å². The summed E-state index contributed by atoms with van der Waals surface area (Å²) in [6.45, 7) is 3.19. The Bertz CT molecular complexity index is 728. The van der Waals surface area contributed by atoms with Crippen molar-refractivity contribution in [2.45, 2.75) is 13.3 Å². The SMILES string of the molecule is Cc1csc(/C(C#N)=C\c2cccc3c2OCCCO3)n1. The summed E-state index contributed by atoms with van der Waals surface area (Å²) in [7, 11) is 0. The number of para-hydroxylation sites is 1. The Balaban J connectivity index is 2.04. The predicted octanol–water partition coefficient (Wildman–Crippen LogP) is 3.68. The predicted molar refractivity (Wildman–Crippen MR) is 82.4 cm³/mol. The van der Waals surface area contributed by atoms with E-state index in [1.807, 2.05) is 36.6 Å². The summed E-state index contributed by atoms with van der Waals surface area (Å²) < 4.78 is 11.4. The Labute approximate surface area is 127 Å². The number of thiazole rings is 1. The number of fused-ring (bicyclic) bond motifs is 1. The Kier molecular flexibility index (Phi) is 3.89. The van der Waals surface area contributed by atoms with Crippen molar-refractivity contribution in [3.8, 4) is 17.6 Å². The summed E-state index contributed by atoms with van der Waals surface area (Å²) in [5.74, 6) is 1.44. The molecular formula is C16H14N2O2S. The van der Waals surface area contributed by atoms with Gasteiger partial charge in [0.05, 0.1) is 18.8 Å². The number of rotatable bonds is 2. The maximum atomic E-state index is 9.39. The van der Waals surface area contributed by atoms with Crippen LogP contribution in [0.4, 0.5) is 0 Å². The van der Waals surface area contributed by atoms with Crippen LogP contribution in [0.2, 0.25) is 0 Å². The number of aryl methyl sites for hydroxylation is 1. The maximum absolute atomic E-state index is 9.39. The van der Waals surface area contributed by atoms with E-state index in [1.54, 1.807) is 0 Å². The highest BCUT2D eigenvalue weighted by molar-refractivity contribution is 7.11. The molecule has 0 atom stereocenters. The Morgan fingerprint density at radius 1 is 1.38 bits per heavy atom. The van der Waals surface area contributed by atoms with E-state index in [2.05, 4.69) is 11.1 Å². The second-order valence-corrected chi connectivity index (χ2v) is 5.55. The second kappa shape index (κ2) is 5.98. The van der Waals surface area contributed by atoms with Gasteiger partial charge in [0.1, 0.15) is 11.1 Å².